The van der Waals surface area contributed by atoms with E-state index in [1.54, 1.807) is 24.0 Å². The lowest BCUT2D eigenvalue weighted by Crippen LogP contribution is -2.14. The number of aromatic nitrogens is 2. The second-order valence-corrected chi connectivity index (χ2v) is 6.60. The Labute approximate surface area is 128 Å². The molecule has 0 bridgehead atoms. The molecule has 6 nitrogen and oxygen atoms in total. The number of aliphatic hydroxyl groups excluding tert-OH is 1. The Morgan fingerprint density at radius 3 is 2.76 bits per heavy atom. The number of rotatable bonds is 5. The number of nitrogens with one attached hydrogen (secondary N) is 1. The molecule has 1 aromatic carbocycles. The van der Waals surface area contributed by atoms with Crippen LogP contribution >= 0.6 is 11.6 Å². The number of nitrogens with zero attached hydrogens (tertiary/aromatic N) is 2. The molecule has 0 saturated heterocycles. The van der Waals surface area contributed by atoms with Crippen LogP contribution in [0.1, 0.15) is 18.2 Å². The van der Waals surface area contributed by atoms with Crippen molar-refractivity contribution >= 4 is 27.3 Å². The summed E-state index contributed by atoms with van der Waals surface area (Å²) in [5.41, 5.74) is 1.54. The monoisotopic (exact) mass is 329 g/mol. The average molecular weight is 330 g/mol. The fraction of sp³-hybridized carbons (Fsp3) is 0.308. The van der Waals surface area contributed by atoms with E-state index in [2.05, 4.69) is 9.82 Å². The molecule has 0 atom stereocenters. The molecule has 2 N–H and O–H groups in total. The lowest BCUT2D eigenvalue weighted by Gasteiger charge is -2.10. The predicted octanol–water partition coefficient (Wildman–Crippen LogP) is 1.93. The molecule has 2 aromatic rings. The van der Waals surface area contributed by atoms with Crippen molar-refractivity contribution in [1.29, 1.82) is 0 Å². The van der Waals surface area contributed by atoms with Crippen LogP contribution < -0.4 is 4.72 Å². The van der Waals surface area contributed by atoms with Crippen molar-refractivity contribution in [3.63, 3.8) is 0 Å². The quantitative estimate of drug-likeness (QED) is 0.877. The molecule has 21 heavy (non-hydrogen) atoms. The Hall–Kier alpha value is -1.57. The summed E-state index contributed by atoms with van der Waals surface area (Å²) in [4.78, 5) is -0.0679. The minimum atomic E-state index is -3.84. The minimum absolute atomic E-state index is 0.0679. The molecule has 1 aromatic heterocycles. The van der Waals surface area contributed by atoms with E-state index >= 15 is 0 Å². The van der Waals surface area contributed by atoms with Gasteiger partial charge in [0.05, 0.1) is 23.0 Å². The van der Waals surface area contributed by atoms with Gasteiger partial charge in [-0.15, -0.1) is 0 Å². The standard InChI is InChI=1S/C13H16ClN3O3S/c1-3-11-12(7-17(2)15-11)16-21(19,20)13-6-9(8-18)4-5-10(13)14/h4-7,16,18H,3,8H2,1-2H3. The van der Waals surface area contributed by atoms with Crippen molar-refractivity contribution in [2.75, 3.05) is 4.72 Å². The third-order valence-electron chi connectivity index (χ3n) is 2.95. The summed E-state index contributed by atoms with van der Waals surface area (Å²) >= 11 is 5.96. The van der Waals surface area contributed by atoms with Crippen molar-refractivity contribution in [2.24, 2.45) is 7.05 Å². The number of sulfonamides is 1. The van der Waals surface area contributed by atoms with Crippen LogP contribution in [-0.4, -0.2) is 23.3 Å². The lowest BCUT2D eigenvalue weighted by molar-refractivity contribution is 0.281. The van der Waals surface area contributed by atoms with E-state index in [0.717, 1.165) is 0 Å². The van der Waals surface area contributed by atoms with Crippen LogP contribution in [-0.2, 0) is 30.1 Å². The zero-order chi connectivity index (χ0) is 15.6. The summed E-state index contributed by atoms with van der Waals surface area (Å²) in [6.07, 6.45) is 2.20. The second-order valence-electron chi connectivity index (χ2n) is 4.55. The Balaban J connectivity index is 2.42. The van der Waals surface area contributed by atoms with Gasteiger partial charge >= 0.3 is 0 Å². The van der Waals surface area contributed by atoms with Crippen LogP contribution in [0.5, 0.6) is 0 Å². The van der Waals surface area contributed by atoms with Gasteiger partial charge in [0.25, 0.3) is 10.0 Å². The van der Waals surface area contributed by atoms with Gasteiger partial charge in [0, 0.05) is 13.2 Å². The first-order chi connectivity index (χ1) is 9.87. The zero-order valence-corrected chi connectivity index (χ0v) is 13.2. The number of benzene rings is 1. The fourth-order valence-electron chi connectivity index (χ4n) is 1.93. The number of hydrogen-bond acceptors (Lipinski definition) is 4. The molecule has 0 saturated carbocycles. The summed E-state index contributed by atoms with van der Waals surface area (Å²) in [6, 6.07) is 4.38. The maximum absolute atomic E-state index is 12.5. The Morgan fingerprint density at radius 1 is 1.43 bits per heavy atom. The van der Waals surface area contributed by atoms with Gasteiger partial charge in [0.2, 0.25) is 0 Å². The molecule has 0 spiro atoms. The highest BCUT2D eigenvalue weighted by Crippen LogP contribution is 2.26. The topological polar surface area (TPSA) is 84.2 Å². The molecule has 0 unspecified atom stereocenters. The average Bonchev–Trinajstić information content (AvgIpc) is 2.78. The van der Waals surface area contributed by atoms with E-state index in [9.17, 15) is 8.42 Å². The molecule has 114 valence electrons. The lowest BCUT2D eigenvalue weighted by atomic mass is 10.2. The number of hydrogen-bond donors (Lipinski definition) is 2. The first-order valence-corrected chi connectivity index (χ1v) is 8.18. The first kappa shape index (κ1) is 15.8. The highest BCUT2D eigenvalue weighted by atomic mass is 35.5. The molecule has 2 rings (SSSR count). The minimum Gasteiger partial charge on any atom is -0.392 e. The van der Waals surface area contributed by atoms with Crippen molar-refractivity contribution in [1.82, 2.24) is 9.78 Å². The van der Waals surface area contributed by atoms with Gasteiger partial charge in [-0.25, -0.2) is 8.42 Å². The number of aliphatic hydroxyl groups is 1. The largest absolute Gasteiger partial charge is 0.392 e. The van der Waals surface area contributed by atoms with Crippen molar-refractivity contribution < 1.29 is 13.5 Å². The molecule has 0 amide bonds. The van der Waals surface area contributed by atoms with Crippen LogP contribution in [0.15, 0.2) is 29.3 Å². The van der Waals surface area contributed by atoms with Crippen LogP contribution in [0.2, 0.25) is 5.02 Å². The molecule has 0 fully saturated rings. The van der Waals surface area contributed by atoms with Gasteiger partial charge in [0.15, 0.2) is 0 Å². The highest BCUT2D eigenvalue weighted by Gasteiger charge is 2.21. The smallest absolute Gasteiger partial charge is 0.263 e. The summed E-state index contributed by atoms with van der Waals surface area (Å²) < 4.78 is 28.9. The Kier molecular flexibility index (Phi) is 4.55. The van der Waals surface area contributed by atoms with Crippen molar-refractivity contribution in [3.05, 3.63) is 40.7 Å². The number of halogens is 1. The molecule has 1 heterocycles. The third kappa shape index (κ3) is 3.37. The highest BCUT2D eigenvalue weighted by molar-refractivity contribution is 7.92. The van der Waals surface area contributed by atoms with Crippen LogP contribution in [0, 0.1) is 0 Å². The summed E-state index contributed by atoms with van der Waals surface area (Å²) in [5, 5.41) is 13.4. The van der Waals surface area contributed by atoms with Crippen LogP contribution in [0.4, 0.5) is 5.69 Å². The first-order valence-electron chi connectivity index (χ1n) is 6.32. The molecular formula is C13H16ClN3O3S. The van der Waals surface area contributed by atoms with E-state index in [4.69, 9.17) is 16.7 Å². The van der Waals surface area contributed by atoms with Gasteiger partial charge in [-0.1, -0.05) is 24.6 Å². The summed E-state index contributed by atoms with van der Waals surface area (Å²) in [6.45, 7) is 1.63. The van der Waals surface area contributed by atoms with E-state index in [1.165, 1.54) is 12.1 Å². The normalized spacial score (nSPS) is 11.6. The Morgan fingerprint density at radius 2 is 2.14 bits per heavy atom. The molecular weight excluding hydrogens is 314 g/mol. The molecule has 0 aliphatic heterocycles. The predicted molar refractivity (Wildman–Crippen MR) is 80.8 cm³/mol. The SMILES string of the molecule is CCc1nn(C)cc1NS(=O)(=O)c1cc(CO)ccc1Cl. The number of aryl methyl sites for hydroxylation is 2. The van der Waals surface area contributed by atoms with Gasteiger partial charge in [-0.2, -0.15) is 5.10 Å². The van der Waals surface area contributed by atoms with Crippen LogP contribution in [0.25, 0.3) is 0 Å². The summed E-state index contributed by atoms with van der Waals surface area (Å²) in [7, 11) is -2.12. The maximum atomic E-state index is 12.5. The van der Waals surface area contributed by atoms with Crippen molar-refractivity contribution in [2.45, 2.75) is 24.8 Å². The molecule has 0 radical (unpaired) electrons. The van der Waals surface area contributed by atoms with Gasteiger partial charge in [0.1, 0.15) is 4.90 Å². The van der Waals surface area contributed by atoms with Crippen LogP contribution in [0.3, 0.4) is 0 Å². The van der Waals surface area contributed by atoms with Gasteiger partial charge in [-0.05, 0) is 24.1 Å². The van der Waals surface area contributed by atoms with E-state index in [0.29, 0.717) is 23.4 Å². The van der Waals surface area contributed by atoms with E-state index < -0.39 is 10.0 Å². The van der Waals surface area contributed by atoms with Gasteiger partial charge < -0.3 is 5.11 Å². The summed E-state index contributed by atoms with van der Waals surface area (Å²) in [5.74, 6) is 0. The molecule has 8 heteroatoms. The van der Waals surface area contributed by atoms with Gasteiger partial charge in [-0.3, -0.25) is 9.40 Å². The second kappa shape index (κ2) is 6.05. The fourth-order valence-corrected chi connectivity index (χ4v) is 3.56. The third-order valence-corrected chi connectivity index (χ3v) is 4.80. The maximum Gasteiger partial charge on any atom is 0.263 e. The van der Waals surface area contributed by atoms with E-state index in [1.807, 2.05) is 6.92 Å². The molecule has 0 aliphatic carbocycles. The van der Waals surface area contributed by atoms with Crippen molar-refractivity contribution in [3.8, 4) is 0 Å². The molecule has 0 aliphatic rings. The van der Waals surface area contributed by atoms with E-state index in [-0.39, 0.29) is 16.5 Å². The zero-order valence-electron chi connectivity index (χ0n) is 11.7. The Bertz CT molecular complexity index is 756. The number of anilines is 1.